The predicted octanol–water partition coefficient (Wildman–Crippen LogP) is 2.36. The smallest absolute Gasteiger partial charge is 0.0936 e. The highest BCUT2D eigenvalue weighted by Gasteiger charge is 2.14. The predicted molar refractivity (Wildman–Crippen MR) is 90.3 cm³/mol. The molecule has 0 aliphatic rings. The van der Waals surface area contributed by atoms with E-state index in [-0.39, 0.29) is 0 Å². The molecule has 4 nitrogen and oxygen atoms in total. The SMILES string of the molecule is CCN(CC)CCCN(CC)CC(O)c1ccccc1N. The molecule has 0 heterocycles. The molecule has 3 N–H and O–H groups in total. The highest BCUT2D eigenvalue weighted by molar-refractivity contribution is 5.47. The van der Waals surface area contributed by atoms with Crippen molar-refractivity contribution in [2.45, 2.75) is 33.3 Å². The minimum absolute atomic E-state index is 0.514. The summed E-state index contributed by atoms with van der Waals surface area (Å²) < 4.78 is 0. The van der Waals surface area contributed by atoms with Crippen molar-refractivity contribution in [3.63, 3.8) is 0 Å². The molecule has 1 aromatic rings. The van der Waals surface area contributed by atoms with Gasteiger partial charge in [0.15, 0.2) is 0 Å². The van der Waals surface area contributed by atoms with E-state index in [1.807, 2.05) is 24.3 Å². The third kappa shape index (κ3) is 6.04. The lowest BCUT2D eigenvalue weighted by molar-refractivity contribution is 0.113. The number of likely N-dealkylation sites (N-methyl/N-ethyl adjacent to an activating group) is 1. The van der Waals surface area contributed by atoms with Crippen LogP contribution in [0.25, 0.3) is 0 Å². The van der Waals surface area contributed by atoms with Crippen LogP contribution in [0.15, 0.2) is 24.3 Å². The molecule has 4 heteroatoms. The lowest BCUT2D eigenvalue weighted by Gasteiger charge is -2.26. The summed E-state index contributed by atoms with van der Waals surface area (Å²) >= 11 is 0. The molecular formula is C17H31N3O. The van der Waals surface area contributed by atoms with Crippen molar-refractivity contribution in [2.24, 2.45) is 0 Å². The Labute approximate surface area is 129 Å². The third-order valence-electron chi connectivity index (χ3n) is 4.08. The van der Waals surface area contributed by atoms with Gasteiger partial charge in [-0.3, -0.25) is 0 Å². The number of hydrogen-bond donors (Lipinski definition) is 2. The summed E-state index contributed by atoms with van der Waals surface area (Å²) in [6, 6.07) is 7.57. The van der Waals surface area contributed by atoms with E-state index in [0.717, 1.165) is 44.7 Å². The molecule has 0 bridgehead atoms. The van der Waals surface area contributed by atoms with Gasteiger partial charge in [0.05, 0.1) is 6.10 Å². The monoisotopic (exact) mass is 293 g/mol. The Hall–Kier alpha value is -1.10. The standard InChI is InChI=1S/C17H31N3O/c1-4-19(5-2)12-9-13-20(6-3)14-17(21)15-10-7-8-11-16(15)18/h7-8,10-11,17,21H,4-6,9,12-14,18H2,1-3H3. The maximum Gasteiger partial charge on any atom is 0.0936 e. The Morgan fingerprint density at radius 1 is 1.00 bits per heavy atom. The number of rotatable bonds is 10. The first-order valence-electron chi connectivity index (χ1n) is 8.09. The first-order valence-corrected chi connectivity index (χ1v) is 8.09. The van der Waals surface area contributed by atoms with Gasteiger partial charge < -0.3 is 20.6 Å². The van der Waals surface area contributed by atoms with E-state index in [1.54, 1.807) is 0 Å². The molecule has 0 fully saturated rings. The Kier molecular flexibility index (Phi) is 8.35. The van der Waals surface area contributed by atoms with Crippen LogP contribution in [-0.2, 0) is 0 Å². The topological polar surface area (TPSA) is 52.7 Å². The van der Waals surface area contributed by atoms with Gasteiger partial charge in [-0.15, -0.1) is 0 Å². The molecule has 0 radical (unpaired) electrons. The van der Waals surface area contributed by atoms with E-state index in [9.17, 15) is 5.11 Å². The summed E-state index contributed by atoms with van der Waals surface area (Å²) in [4.78, 5) is 4.72. The van der Waals surface area contributed by atoms with Crippen molar-refractivity contribution >= 4 is 5.69 Å². The normalized spacial score (nSPS) is 13.0. The van der Waals surface area contributed by atoms with Crippen LogP contribution in [0.3, 0.4) is 0 Å². The van der Waals surface area contributed by atoms with Gasteiger partial charge in [0.1, 0.15) is 0 Å². The number of para-hydroxylation sites is 1. The van der Waals surface area contributed by atoms with Crippen molar-refractivity contribution in [3.8, 4) is 0 Å². The van der Waals surface area contributed by atoms with Crippen LogP contribution in [0.1, 0.15) is 38.9 Å². The summed E-state index contributed by atoms with van der Waals surface area (Å²) in [6.45, 7) is 12.5. The average molecular weight is 293 g/mol. The van der Waals surface area contributed by atoms with Gasteiger partial charge >= 0.3 is 0 Å². The fraction of sp³-hybridized carbons (Fsp3) is 0.647. The molecule has 21 heavy (non-hydrogen) atoms. The molecule has 1 aromatic carbocycles. The average Bonchev–Trinajstić information content (AvgIpc) is 2.50. The van der Waals surface area contributed by atoms with Gasteiger partial charge in [-0.1, -0.05) is 39.0 Å². The number of hydrogen-bond acceptors (Lipinski definition) is 4. The number of nitrogen functional groups attached to an aromatic ring is 1. The van der Waals surface area contributed by atoms with Crippen LogP contribution < -0.4 is 5.73 Å². The van der Waals surface area contributed by atoms with Gasteiger partial charge in [-0.2, -0.15) is 0 Å². The van der Waals surface area contributed by atoms with Crippen molar-refractivity contribution < 1.29 is 5.11 Å². The summed E-state index contributed by atoms with van der Waals surface area (Å²) in [5, 5.41) is 10.4. The number of anilines is 1. The maximum atomic E-state index is 10.4. The van der Waals surface area contributed by atoms with Crippen LogP contribution in [-0.4, -0.2) is 54.2 Å². The largest absolute Gasteiger partial charge is 0.398 e. The van der Waals surface area contributed by atoms with Gasteiger partial charge in [0, 0.05) is 17.8 Å². The Bertz CT molecular complexity index is 393. The van der Waals surface area contributed by atoms with Gasteiger partial charge in [-0.05, 0) is 45.2 Å². The molecule has 0 aliphatic carbocycles. The zero-order valence-electron chi connectivity index (χ0n) is 13.8. The highest BCUT2D eigenvalue weighted by Crippen LogP contribution is 2.20. The molecule has 0 aliphatic heterocycles. The molecule has 1 rings (SSSR count). The number of nitrogens with zero attached hydrogens (tertiary/aromatic N) is 2. The number of benzene rings is 1. The molecule has 0 aromatic heterocycles. The number of nitrogens with two attached hydrogens (primary N) is 1. The van der Waals surface area contributed by atoms with E-state index < -0.39 is 6.10 Å². The second-order valence-electron chi connectivity index (χ2n) is 5.42. The van der Waals surface area contributed by atoms with E-state index in [0.29, 0.717) is 12.2 Å². The van der Waals surface area contributed by atoms with Gasteiger partial charge in [0.2, 0.25) is 0 Å². The molecule has 0 saturated carbocycles. The minimum atomic E-state index is -0.514. The van der Waals surface area contributed by atoms with E-state index >= 15 is 0 Å². The Morgan fingerprint density at radius 3 is 2.14 bits per heavy atom. The molecular weight excluding hydrogens is 262 g/mol. The van der Waals surface area contributed by atoms with E-state index in [1.165, 1.54) is 0 Å². The van der Waals surface area contributed by atoms with Crippen molar-refractivity contribution in [2.75, 3.05) is 45.0 Å². The number of aliphatic hydroxyl groups is 1. The van der Waals surface area contributed by atoms with E-state index in [4.69, 9.17) is 5.73 Å². The summed E-state index contributed by atoms with van der Waals surface area (Å²) in [7, 11) is 0. The summed E-state index contributed by atoms with van der Waals surface area (Å²) in [6.07, 6.45) is 0.617. The number of aliphatic hydroxyl groups excluding tert-OH is 1. The van der Waals surface area contributed by atoms with Crippen LogP contribution in [0.5, 0.6) is 0 Å². The van der Waals surface area contributed by atoms with Gasteiger partial charge in [-0.25, -0.2) is 0 Å². The lowest BCUT2D eigenvalue weighted by Crippen LogP contribution is -2.32. The summed E-state index contributed by atoms with van der Waals surface area (Å²) in [5.74, 6) is 0. The summed E-state index contributed by atoms with van der Waals surface area (Å²) in [5.41, 5.74) is 7.43. The van der Waals surface area contributed by atoms with Crippen LogP contribution >= 0.6 is 0 Å². The molecule has 0 spiro atoms. The zero-order chi connectivity index (χ0) is 15.7. The molecule has 120 valence electrons. The van der Waals surface area contributed by atoms with Crippen molar-refractivity contribution in [1.29, 1.82) is 0 Å². The van der Waals surface area contributed by atoms with Crippen LogP contribution in [0, 0.1) is 0 Å². The zero-order valence-corrected chi connectivity index (χ0v) is 13.8. The fourth-order valence-corrected chi connectivity index (χ4v) is 2.59. The first-order chi connectivity index (χ1) is 10.1. The second-order valence-corrected chi connectivity index (χ2v) is 5.42. The Balaban J connectivity index is 2.45. The first kappa shape index (κ1) is 18.0. The van der Waals surface area contributed by atoms with E-state index in [2.05, 4.69) is 30.6 Å². The van der Waals surface area contributed by atoms with Crippen molar-refractivity contribution in [1.82, 2.24) is 9.80 Å². The molecule has 1 unspecified atom stereocenters. The molecule has 0 saturated heterocycles. The highest BCUT2D eigenvalue weighted by atomic mass is 16.3. The van der Waals surface area contributed by atoms with Crippen LogP contribution in [0.4, 0.5) is 5.69 Å². The lowest BCUT2D eigenvalue weighted by atomic mass is 10.1. The minimum Gasteiger partial charge on any atom is -0.398 e. The quantitative estimate of drug-likeness (QED) is 0.650. The van der Waals surface area contributed by atoms with Crippen molar-refractivity contribution in [3.05, 3.63) is 29.8 Å². The van der Waals surface area contributed by atoms with Crippen LogP contribution in [0.2, 0.25) is 0 Å². The molecule has 0 amide bonds. The molecule has 1 atom stereocenters. The Morgan fingerprint density at radius 2 is 1.57 bits per heavy atom. The van der Waals surface area contributed by atoms with Gasteiger partial charge in [0.25, 0.3) is 0 Å². The third-order valence-corrected chi connectivity index (χ3v) is 4.08. The fourth-order valence-electron chi connectivity index (χ4n) is 2.59. The maximum absolute atomic E-state index is 10.4. The second kappa shape index (κ2) is 9.77.